The summed E-state index contributed by atoms with van der Waals surface area (Å²) in [4.78, 5) is 2.78. The Hall–Kier alpha value is -2.36. The topological polar surface area (TPSA) is 70.4 Å². The number of sulfone groups is 1. The lowest BCUT2D eigenvalue weighted by molar-refractivity contribution is 0.234. The van der Waals surface area contributed by atoms with Crippen LogP contribution in [0.1, 0.15) is 24.5 Å². The van der Waals surface area contributed by atoms with E-state index in [1.807, 2.05) is 18.2 Å². The molecule has 5 nitrogen and oxygen atoms in total. The lowest BCUT2D eigenvalue weighted by atomic mass is 10.1. The Kier molecular flexibility index (Phi) is 6.38. The van der Waals surface area contributed by atoms with Crippen molar-refractivity contribution < 1.29 is 13.2 Å². The summed E-state index contributed by atoms with van der Waals surface area (Å²) in [5.41, 5.74) is 1.90. The maximum absolute atomic E-state index is 11.5. The van der Waals surface area contributed by atoms with Crippen molar-refractivity contribution >= 4 is 9.84 Å². The van der Waals surface area contributed by atoms with E-state index in [0.29, 0.717) is 34.8 Å². The molecule has 148 valence electrons. The van der Waals surface area contributed by atoms with Gasteiger partial charge in [-0.1, -0.05) is 12.1 Å². The second-order valence-corrected chi connectivity index (χ2v) is 9.58. The molecular weight excluding hydrogens is 372 g/mol. The Morgan fingerprint density at radius 3 is 2.64 bits per heavy atom. The van der Waals surface area contributed by atoms with Crippen LogP contribution in [0, 0.1) is 17.2 Å². The van der Waals surface area contributed by atoms with Gasteiger partial charge in [0, 0.05) is 31.3 Å². The van der Waals surface area contributed by atoms with Crippen molar-refractivity contribution in [2.45, 2.75) is 30.7 Å². The first-order chi connectivity index (χ1) is 13.3. The quantitative estimate of drug-likeness (QED) is 0.716. The van der Waals surface area contributed by atoms with Crippen molar-refractivity contribution in [2.24, 2.45) is 5.92 Å². The molecule has 1 aliphatic heterocycles. The molecule has 0 aromatic heterocycles. The molecule has 28 heavy (non-hydrogen) atoms. The van der Waals surface area contributed by atoms with E-state index in [1.165, 1.54) is 11.8 Å². The van der Waals surface area contributed by atoms with Crippen LogP contribution in [0.4, 0.5) is 0 Å². The van der Waals surface area contributed by atoms with E-state index in [4.69, 9.17) is 10.00 Å². The molecule has 2 atom stereocenters. The van der Waals surface area contributed by atoms with Gasteiger partial charge in [-0.25, -0.2) is 8.42 Å². The zero-order chi connectivity index (χ0) is 20.1. The highest BCUT2D eigenvalue weighted by atomic mass is 32.2. The SMILES string of the molecule is C[C@@H]1C[C@H](COc2ccc(S(C)(=O)=O)cc2)CN1CCc1cccc(C#N)c1. The Bertz CT molecular complexity index is 948. The highest BCUT2D eigenvalue weighted by molar-refractivity contribution is 7.90. The van der Waals surface area contributed by atoms with Gasteiger partial charge in [-0.2, -0.15) is 5.26 Å². The molecule has 3 rings (SSSR count). The number of ether oxygens (including phenoxy) is 1. The monoisotopic (exact) mass is 398 g/mol. The van der Waals surface area contributed by atoms with Crippen molar-refractivity contribution in [1.29, 1.82) is 5.26 Å². The van der Waals surface area contributed by atoms with Crippen LogP contribution in [0.15, 0.2) is 53.4 Å². The highest BCUT2D eigenvalue weighted by Crippen LogP contribution is 2.25. The summed E-state index contributed by atoms with van der Waals surface area (Å²) in [5.74, 6) is 1.15. The standard InChI is InChI=1S/C22H26N2O3S/c1-17-12-20(16-27-21-6-8-22(9-7-21)28(2,25)26)15-24(17)11-10-18-4-3-5-19(13-18)14-23/h3-9,13,17,20H,10-12,15-16H2,1-2H3/t17-,20+/m1/s1. The summed E-state index contributed by atoms with van der Waals surface area (Å²) in [6.45, 7) is 4.83. The maximum Gasteiger partial charge on any atom is 0.175 e. The molecule has 1 heterocycles. The second-order valence-electron chi connectivity index (χ2n) is 7.56. The van der Waals surface area contributed by atoms with E-state index in [9.17, 15) is 8.42 Å². The fourth-order valence-corrected chi connectivity index (χ4v) is 4.35. The van der Waals surface area contributed by atoms with Crippen molar-refractivity contribution in [3.05, 3.63) is 59.7 Å². The minimum atomic E-state index is -3.18. The zero-order valence-electron chi connectivity index (χ0n) is 16.3. The van der Waals surface area contributed by atoms with Crippen molar-refractivity contribution in [3.63, 3.8) is 0 Å². The van der Waals surface area contributed by atoms with Crippen molar-refractivity contribution in [2.75, 3.05) is 26.0 Å². The van der Waals surface area contributed by atoms with Gasteiger partial charge in [-0.15, -0.1) is 0 Å². The molecule has 0 unspecified atom stereocenters. The average Bonchev–Trinajstić information content (AvgIpc) is 3.04. The number of hydrogen-bond acceptors (Lipinski definition) is 5. The first-order valence-electron chi connectivity index (χ1n) is 9.51. The number of nitrogens with zero attached hydrogens (tertiary/aromatic N) is 2. The van der Waals surface area contributed by atoms with Crippen LogP contribution in [0.25, 0.3) is 0 Å². The normalized spacial score (nSPS) is 20.0. The van der Waals surface area contributed by atoms with Crippen molar-refractivity contribution in [1.82, 2.24) is 4.90 Å². The minimum Gasteiger partial charge on any atom is -0.493 e. The molecule has 0 amide bonds. The van der Waals surface area contributed by atoms with Gasteiger partial charge >= 0.3 is 0 Å². The molecule has 1 fully saturated rings. The van der Waals surface area contributed by atoms with Crippen LogP contribution in [-0.4, -0.2) is 45.3 Å². The first kappa shape index (κ1) is 20.4. The van der Waals surface area contributed by atoms with Crippen LogP contribution in [0.5, 0.6) is 5.75 Å². The Morgan fingerprint density at radius 2 is 1.96 bits per heavy atom. The maximum atomic E-state index is 11.5. The van der Waals surface area contributed by atoms with Gasteiger partial charge in [-0.05, 0) is 61.7 Å². The predicted molar refractivity (Wildman–Crippen MR) is 109 cm³/mol. The Balaban J connectivity index is 1.49. The number of rotatable bonds is 7. The van der Waals surface area contributed by atoms with E-state index in [0.717, 1.165) is 25.9 Å². The summed E-state index contributed by atoms with van der Waals surface area (Å²) in [6.07, 6.45) is 3.22. The van der Waals surface area contributed by atoms with E-state index in [2.05, 4.69) is 24.0 Å². The van der Waals surface area contributed by atoms with Gasteiger partial charge in [0.15, 0.2) is 9.84 Å². The van der Waals surface area contributed by atoms with Crippen molar-refractivity contribution in [3.8, 4) is 11.8 Å². The summed E-state index contributed by atoms with van der Waals surface area (Å²) in [7, 11) is -3.18. The zero-order valence-corrected chi connectivity index (χ0v) is 17.2. The number of benzene rings is 2. The number of likely N-dealkylation sites (tertiary alicyclic amines) is 1. The van der Waals surface area contributed by atoms with Gasteiger partial charge in [0.2, 0.25) is 0 Å². The van der Waals surface area contributed by atoms with Crippen LogP contribution < -0.4 is 4.74 Å². The molecule has 0 aliphatic carbocycles. The molecule has 6 heteroatoms. The van der Waals surface area contributed by atoms with E-state index in [-0.39, 0.29) is 0 Å². The molecule has 2 aromatic rings. The molecule has 0 bridgehead atoms. The van der Waals surface area contributed by atoms with Crippen LogP contribution in [0.2, 0.25) is 0 Å². The van der Waals surface area contributed by atoms with Gasteiger partial charge < -0.3 is 4.74 Å². The molecule has 2 aromatic carbocycles. The number of nitriles is 1. The largest absolute Gasteiger partial charge is 0.493 e. The lowest BCUT2D eigenvalue weighted by Crippen LogP contribution is -2.29. The first-order valence-corrected chi connectivity index (χ1v) is 11.4. The Morgan fingerprint density at radius 1 is 1.21 bits per heavy atom. The summed E-state index contributed by atoms with van der Waals surface area (Å²) >= 11 is 0. The molecular formula is C22H26N2O3S. The minimum absolute atomic E-state index is 0.306. The summed E-state index contributed by atoms with van der Waals surface area (Å²) in [6, 6.07) is 17.1. The molecule has 0 spiro atoms. The van der Waals surface area contributed by atoms with Crippen LogP contribution in [-0.2, 0) is 16.3 Å². The molecule has 1 saturated heterocycles. The highest BCUT2D eigenvalue weighted by Gasteiger charge is 2.29. The molecule has 0 N–H and O–H groups in total. The number of hydrogen-bond donors (Lipinski definition) is 0. The van der Waals surface area contributed by atoms with E-state index >= 15 is 0 Å². The Labute approximate surface area is 167 Å². The van der Waals surface area contributed by atoms with Crippen LogP contribution >= 0.6 is 0 Å². The van der Waals surface area contributed by atoms with E-state index < -0.39 is 9.84 Å². The smallest absolute Gasteiger partial charge is 0.175 e. The second kappa shape index (κ2) is 8.76. The fraction of sp³-hybridized carbons (Fsp3) is 0.409. The molecule has 0 radical (unpaired) electrons. The third kappa shape index (κ3) is 5.34. The van der Waals surface area contributed by atoms with Crippen LogP contribution in [0.3, 0.4) is 0 Å². The summed E-state index contributed by atoms with van der Waals surface area (Å²) in [5, 5.41) is 9.02. The van der Waals surface area contributed by atoms with Gasteiger partial charge in [0.25, 0.3) is 0 Å². The summed E-state index contributed by atoms with van der Waals surface area (Å²) < 4.78 is 28.9. The predicted octanol–water partition coefficient (Wildman–Crippen LogP) is 3.29. The van der Waals surface area contributed by atoms with Gasteiger partial charge in [0.1, 0.15) is 5.75 Å². The fourth-order valence-electron chi connectivity index (χ4n) is 3.72. The molecule has 0 saturated carbocycles. The third-order valence-electron chi connectivity index (χ3n) is 5.27. The molecule has 1 aliphatic rings. The average molecular weight is 399 g/mol. The van der Waals surface area contributed by atoms with Gasteiger partial charge in [0.05, 0.1) is 23.1 Å². The third-order valence-corrected chi connectivity index (χ3v) is 6.40. The van der Waals surface area contributed by atoms with E-state index in [1.54, 1.807) is 24.3 Å². The lowest BCUT2D eigenvalue weighted by Gasteiger charge is -2.21. The van der Waals surface area contributed by atoms with Gasteiger partial charge in [-0.3, -0.25) is 4.90 Å².